The second kappa shape index (κ2) is 3.73. The van der Waals surface area contributed by atoms with Crippen molar-refractivity contribution in [1.82, 2.24) is 14.8 Å². The van der Waals surface area contributed by atoms with Crippen LogP contribution < -0.4 is 5.73 Å². The number of pyridine rings is 1. The van der Waals surface area contributed by atoms with Crippen LogP contribution in [0.3, 0.4) is 0 Å². The molecule has 78 valence electrons. The average molecular weight is 202 g/mol. The van der Waals surface area contributed by atoms with E-state index in [2.05, 4.69) is 17.0 Å². The van der Waals surface area contributed by atoms with Crippen LogP contribution >= 0.6 is 0 Å². The van der Waals surface area contributed by atoms with Crippen molar-refractivity contribution in [2.75, 3.05) is 5.73 Å². The van der Waals surface area contributed by atoms with E-state index < -0.39 is 0 Å². The lowest BCUT2D eigenvalue weighted by atomic mass is 10.2. The Morgan fingerprint density at radius 3 is 2.80 bits per heavy atom. The van der Waals surface area contributed by atoms with Crippen LogP contribution in [0.5, 0.6) is 0 Å². The predicted molar refractivity (Wildman–Crippen MR) is 60.3 cm³/mol. The minimum atomic E-state index is 0.723. The zero-order valence-corrected chi connectivity index (χ0v) is 8.94. The van der Waals surface area contributed by atoms with Gasteiger partial charge in [0.05, 0.1) is 22.8 Å². The molecular formula is C11H14N4. The number of nitrogens with two attached hydrogens (primary N) is 1. The Morgan fingerprint density at radius 2 is 2.13 bits per heavy atom. The topological polar surface area (TPSA) is 56.7 Å². The van der Waals surface area contributed by atoms with E-state index in [1.807, 2.05) is 29.8 Å². The molecular weight excluding hydrogens is 188 g/mol. The number of aryl methyl sites for hydroxylation is 2. The van der Waals surface area contributed by atoms with Gasteiger partial charge in [0, 0.05) is 12.7 Å². The first-order chi connectivity index (χ1) is 7.22. The zero-order valence-electron chi connectivity index (χ0n) is 8.94. The Morgan fingerprint density at radius 1 is 1.33 bits per heavy atom. The van der Waals surface area contributed by atoms with Crippen LogP contribution in [0.1, 0.15) is 12.6 Å². The number of hydrogen-bond donors (Lipinski definition) is 1. The summed E-state index contributed by atoms with van der Waals surface area (Å²) in [5, 5.41) is 4.21. The Balaban J connectivity index is 2.50. The third-order valence-electron chi connectivity index (χ3n) is 2.41. The fourth-order valence-corrected chi connectivity index (χ4v) is 1.52. The zero-order chi connectivity index (χ0) is 10.8. The minimum absolute atomic E-state index is 0.723. The molecule has 2 aromatic rings. The molecule has 0 atom stereocenters. The molecule has 0 aromatic carbocycles. The molecule has 0 radical (unpaired) electrons. The lowest BCUT2D eigenvalue weighted by Gasteiger charge is -2.06. The number of hydrogen-bond acceptors (Lipinski definition) is 3. The third kappa shape index (κ3) is 1.70. The van der Waals surface area contributed by atoms with Crippen LogP contribution in [-0.4, -0.2) is 14.8 Å². The van der Waals surface area contributed by atoms with E-state index in [1.165, 1.54) is 0 Å². The van der Waals surface area contributed by atoms with Crippen LogP contribution in [-0.2, 0) is 6.54 Å². The highest BCUT2D eigenvalue weighted by molar-refractivity contribution is 5.58. The quantitative estimate of drug-likeness (QED) is 0.808. The van der Waals surface area contributed by atoms with Gasteiger partial charge in [-0.2, -0.15) is 5.10 Å². The summed E-state index contributed by atoms with van der Waals surface area (Å²) in [6.07, 6.45) is 1.78. The molecule has 0 bridgehead atoms. The molecule has 4 nitrogen and oxygen atoms in total. The van der Waals surface area contributed by atoms with E-state index in [0.29, 0.717) is 0 Å². The molecule has 0 aliphatic rings. The van der Waals surface area contributed by atoms with Gasteiger partial charge in [-0.05, 0) is 32.0 Å². The van der Waals surface area contributed by atoms with E-state index in [4.69, 9.17) is 5.73 Å². The van der Waals surface area contributed by atoms with Gasteiger partial charge in [-0.15, -0.1) is 0 Å². The maximum atomic E-state index is 5.73. The first-order valence-corrected chi connectivity index (χ1v) is 4.97. The SMILES string of the molecule is CCn1nccc1-c1ccc(N)c(C)n1. The van der Waals surface area contributed by atoms with Gasteiger partial charge in [-0.25, -0.2) is 4.98 Å². The van der Waals surface area contributed by atoms with Crippen molar-refractivity contribution in [3.63, 3.8) is 0 Å². The Kier molecular flexibility index (Phi) is 2.41. The lowest BCUT2D eigenvalue weighted by Crippen LogP contribution is -2.01. The van der Waals surface area contributed by atoms with Gasteiger partial charge in [-0.3, -0.25) is 4.68 Å². The highest BCUT2D eigenvalue weighted by atomic mass is 15.3. The number of anilines is 1. The van der Waals surface area contributed by atoms with Crippen molar-refractivity contribution in [1.29, 1.82) is 0 Å². The van der Waals surface area contributed by atoms with Gasteiger partial charge in [-0.1, -0.05) is 0 Å². The molecule has 0 unspecified atom stereocenters. The number of nitrogens with zero attached hydrogens (tertiary/aromatic N) is 3. The molecule has 0 aliphatic carbocycles. The van der Waals surface area contributed by atoms with Gasteiger partial charge in [0.2, 0.25) is 0 Å². The predicted octanol–water partition coefficient (Wildman–Crippen LogP) is 1.86. The molecule has 2 aromatic heterocycles. The molecule has 0 spiro atoms. The fraction of sp³-hybridized carbons (Fsp3) is 0.273. The summed E-state index contributed by atoms with van der Waals surface area (Å²) < 4.78 is 1.91. The number of rotatable bonds is 2. The molecule has 0 fully saturated rings. The largest absolute Gasteiger partial charge is 0.397 e. The first-order valence-electron chi connectivity index (χ1n) is 4.97. The van der Waals surface area contributed by atoms with Crippen LogP contribution in [0.2, 0.25) is 0 Å². The van der Waals surface area contributed by atoms with Crippen molar-refractivity contribution in [2.45, 2.75) is 20.4 Å². The highest BCUT2D eigenvalue weighted by Gasteiger charge is 2.06. The maximum Gasteiger partial charge on any atom is 0.0887 e. The molecule has 0 saturated carbocycles. The monoisotopic (exact) mass is 202 g/mol. The molecule has 2 rings (SSSR count). The summed E-state index contributed by atoms with van der Waals surface area (Å²) in [7, 11) is 0. The van der Waals surface area contributed by atoms with Gasteiger partial charge >= 0.3 is 0 Å². The summed E-state index contributed by atoms with van der Waals surface area (Å²) in [6.45, 7) is 4.81. The van der Waals surface area contributed by atoms with Crippen molar-refractivity contribution < 1.29 is 0 Å². The van der Waals surface area contributed by atoms with E-state index >= 15 is 0 Å². The molecule has 2 heterocycles. The average Bonchev–Trinajstić information content (AvgIpc) is 2.70. The Hall–Kier alpha value is -1.84. The number of nitrogen functional groups attached to an aromatic ring is 1. The molecule has 0 amide bonds. The van der Waals surface area contributed by atoms with E-state index in [0.717, 1.165) is 29.3 Å². The summed E-state index contributed by atoms with van der Waals surface area (Å²) in [4.78, 5) is 4.44. The summed E-state index contributed by atoms with van der Waals surface area (Å²) in [5.74, 6) is 0. The van der Waals surface area contributed by atoms with Crippen LogP contribution in [0, 0.1) is 6.92 Å². The summed E-state index contributed by atoms with van der Waals surface area (Å²) in [6, 6.07) is 5.76. The van der Waals surface area contributed by atoms with Gasteiger partial charge in [0.25, 0.3) is 0 Å². The van der Waals surface area contributed by atoms with Gasteiger partial charge < -0.3 is 5.73 Å². The molecule has 0 aliphatic heterocycles. The second-order valence-corrected chi connectivity index (χ2v) is 3.40. The molecule has 4 heteroatoms. The van der Waals surface area contributed by atoms with E-state index in [-0.39, 0.29) is 0 Å². The normalized spacial score (nSPS) is 10.5. The maximum absolute atomic E-state index is 5.73. The highest BCUT2D eigenvalue weighted by Crippen LogP contribution is 2.19. The van der Waals surface area contributed by atoms with Crippen molar-refractivity contribution >= 4 is 5.69 Å². The van der Waals surface area contributed by atoms with Crippen LogP contribution in [0.4, 0.5) is 5.69 Å². The van der Waals surface area contributed by atoms with Crippen molar-refractivity contribution in [2.24, 2.45) is 0 Å². The van der Waals surface area contributed by atoms with Gasteiger partial charge in [0.15, 0.2) is 0 Å². The van der Waals surface area contributed by atoms with Crippen LogP contribution in [0.25, 0.3) is 11.4 Å². The van der Waals surface area contributed by atoms with E-state index in [1.54, 1.807) is 6.20 Å². The standard InChI is InChI=1S/C11H14N4/c1-3-15-11(6-7-13-15)10-5-4-9(12)8(2)14-10/h4-7H,3,12H2,1-2H3. The lowest BCUT2D eigenvalue weighted by molar-refractivity contribution is 0.665. The molecule has 15 heavy (non-hydrogen) atoms. The summed E-state index contributed by atoms with van der Waals surface area (Å²) >= 11 is 0. The van der Waals surface area contributed by atoms with Crippen molar-refractivity contribution in [3.8, 4) is 11.4 Å². The number of aromatic nitrogens is 3. The third-order valence-corrected chi connectivity index (χ3v) is 2.41. The first kappa shape index (κ1) is 9.71. The van der Waals surface area contributed by atoms with E-state index in [9.17, 15) is 0 Å². The fourth-order valence-electron chi connectivity index (χ4n) is 1.52. The second-order valence-electron chi connectivity index (χ2n) is 3.40. The molecule has 2 N–H and O–H groups in total. The molecule has 0 saturated heterocycles. The Labute approximate surface area is 88.8 Å². The summed E-state index contributed by atoms with van der Waals surface area (Å²) in [5.41, 5.74) is 9.25. The van der Waals surface area contributed by atoms with Crippen molar-refractivity contribution in [3.05, 3.63) is 30.1 Å². The Bertz CT molecular complexity index is 473. The van der Waals surface area contributed by atoms with Gasteiger partial charge in [0.1, 0.15) is 0 Å². The minimum Gasteiger partial charge on any atom is -0.397 e. The van der Waals surface area contributed by atoms with Crippen LogP contribution in [0.15, 0.2) is 24.4 Å². The smallest absolute Gasteiger partial charge is 0.0887 e.